The van der Waals surface area contributed by atoms with E-state index in [4.69, 9.17) is 0 Å². The van der Waals surface area contributed by atoms with Crippen molar-refractivity contribution in [3.63, 3.8) is 0 Å². The second-order valence-corrected chi connectivity index (χ2v) is 9.32. The van der Waals surface area contributed by atoms with Gasteiger partial charge < -0.3 is 10.2 Å². The highest BCUT2D eigenvalue weighted by Gasteiger charge is 2.50. The summed E-state index contributed by atoms with van der Waals surface area (Å²) in [4.78, 5) is 14.5. The maximum absolute atomic E-state index is 12.8. The second kappa shape index (κ2) is 5.61. The lowest BCUT2D eigenvalue weighted by Crippen LogP contribution is -2.59. The number of piperidine rings is 1. The van der Waals surface area contributed by atoms with Crippen LogP contribution in [0.1, 0.15) is 19.8 Å². The quantitative estimate of drug-likeness (QED) is 0.785. The molecule has 19 heavy (non-hydrogen) atoms. The van der Waals surface area contributed by atoms with E-state index < -0.39 is 14.6 Å². The lowest BCUT2D eigenvalue weighted by atomic mass is 9.95. The highest BCUT2D eigenvalue weighted by molar-refractivity contribution is 8.00. The van der Waals surface area contributed by atoms with Gasteiger partial charge >= 0.3 is 0 Å². The first-order valence-corrected chi connectivity index (χ1v) is 9.62. The molecule has 2 aliphatic rings. The van der Waals surface area contributed by atoms with Crippen molar-refractivity contribution in [3.05, 3.63) is 0 Å². The van der Waals surface area contributed by atoms with Crippen LogP contribution in [0, 0.1) is 0 Å². The molecular formula is C12H22N2O3S2. The average Bonchev–Trinajstić information content (AvgIpc) is 2.37. The van der Waals surface area contributed by atoms with Crippen LogP contribution in [-0.4, -0.2) is 67.4 Å². The molecule has 0 radical (unpaired) electrons. The van der Waals surface area contributed by atoms with Gasteiger partial charge in [0.15, 0.2) is 14.6 Å². The lowest BCUT2D eigenvalue weighted by molar-refractivity contribution is -0.134. The molecule has 0 aliphatic carbocycles. The van der Waals surface area contributed by atoms with Crippen LogP contribution >= 0.6 is 11.8 Å². The maximum atomic E-state index is 12.8. The zero-order valence-corrected chi connectivity index (χ0v) is 13.1. The summed E-state index contributed by atoms with van der Waals surface area (Å²) in [5.41, 5.74) is 0. The summed E-state index contributed by atoms with van der Waals surface area (Å²) in [7, 11) is -3.39. The Kier molecular flexibility index (Phi) is 4.47. The molecule has 2 fully saturated rings. The smallest absolute Gasteiger partial charge is 0.244 e. The first-order chi connectivity index (χ1) is 8.87. The van der Waals surface area contributed by atoms with Crippen molar-refractivity contribution in [2.75, 3.05) is 38.2 Å². The van der Waals surface area contributed by atoms with Gasteiger partial charge in [0.1, 0.15) is 0 Å². The Hall–Kier alpha value is -0.270. The van der Waals surface area contributed by atoms with Crippen molar-refractivity contribution in [2.45, 2.75) is 29.8 Å². The van der Waals surface area contributed by atoms with E-state index in [0.29, 0.717) is 44.3 Å². The van der Waals surface area contributed by atoms with Gasteiger partial charge in [-0.3, -0.25) is 4.79 Å². The number of hydrogen-bond acceptors (Lipinski definition) is 5. The highest BCUT2D eigenvalue weighted by Crippen LogP contribution is 2.31. The molecule has 0 spiro atoms. The zero-order valence-electron chi connectivity index (χ0n) is 11.5. The molecule has 0 aromatic heterocycles. The normalized spacial score (nSPS) is 28.1. The van der Waals surface area contributed by atoms with Gasteiger partial charge in [-0.25, -0.2) is 8.42 Å². The molecule has 5 nitrogen and oxygen atoms in total. The van der Waals surface area contributed by atoms with Crippen molar-refractivity contribution >= 4 is 27.5 Å². The van der Waals surface area contributed by atoms with E-state index in [2.05, 4.69) is 12.2 Å². The molecule has 2 saturated heterocycles. The Bertz CT molecular complexity index is 444. The topological polar surface area (TPSA) is 66.5 Å². The second-order valence-electron chi connectivity index (χ2n) is 5.45. The van der Waals surface area contributed by atoms with Gasteiger partial charge in [-0.05, 0) is 25.9 Å². The fourth-order valence-electron chi connectivity index (χ4n) is 2.86. The molecule has 2 rings (SSSR count). The van der Waals surface area contributed by atoms with Crippen molar-refractivity contribution in [3.8, 4) is 0 Å². The summed E-state index contributed by atoms with van der Waals surface area (Å²) in [5, 5.41) is 3.52. The Balaban J connectivity index is 2.26. The molecule has 1 atom stereocenters. The Morgan fingerprint density at radius 3 is 2.53 bits per heavy atom. The zero-order chi connectivity index (χ0) is 14.1. The first-order valence-electron chi connectivity index (χ1n) is 6.68. The number of carbonyl (C=O) groups is 1. The number of nitrogens with zero attached hydrogens (tertiary/aromatic N) is 1. The van der Waals surface area contributed by atoms with Gasteiger partial charge in [-0.15, -0.1) is 0 Å². The summed E-state index contributed by atoms with van der Waals surface area (Å²) < 4.78 is 23.2. The van der Waals surface area contributed by atoms with Crippen LogP contribution in [0.3, 0.4) is 0 Å². The minimum Gasteiger partial charge on any atom is -0.339 e. The van der Waals surface area contributed by atoms with Crippen LogP contribution in [0.2, 0.25) is 0 Å². The number of hydrogen-bond donors (Lipinski definition) is 1. The minimum absolute atomic E-state index is 0.177. The van der Waals surface area contributed by atoms with Crippen molar-refractivity contribution in [2.24, 2.45) is 0 Å². The van der Waals surface area contributed by atoms with E-state index in [1.807, 2.05) is 11.8 Å². The number of thioether (sulfide) groups is 1. The molecule has 1 N–H and O–H groups in total. The van der Waals surface area contributed by atoms with E-state index in [-0.39, 0.29) is 5.91 Å². The maximum Gasteiger partial charge on any atom is 0.244 e. The van der Waals surface area contributed by atoms with Crippen LogP contribution < -0.4 is 5.32 Å². The third-order valence-corrected chi connectivity index (χ3v) is 7.18. The molecule has 0 bridgehead atoms. The number of amides is 1. The number of rotatable bonds is 2. The molecule has 0 aromatic carbocycles. The lowest BCUT2D eigenvalue weighted by Gasteiger charge is -2.40. The monoisotopic (exact) mass is 306 g/mol. The van der Waals surface area contributed by atoms with Gasteiger partial charge in [0.05, 0.1) is 0 Å². The molecule has 7 heteroatoms. The summed E-state index contributed by atoms with van der Waals surface area (Å²) in [5.74, 6) is 0.717. The van der Waals surface area contributed by atoms with Crippen LogP contribution in [0.15, 0.2) is 0 Å². The first kappa shape index (κ1) is 15.1. The average molecular weight is 306 g/mol. The summed E-state index contributed by atoms with van der Waals surface area (Å²) in [6.45, 7) is 4.60. The number of sulfone groups is 1. The van der Waals surface area contributed by atoms with Crippen LogP contribution in [-0.2, 0) is 14.6 Å². The molecule has 2 aliphatic heterocycles. The fraction of sp³-hybridized carbons (Fsp3) is 0.917. The third kappa shape index (κ3) is 2.92. The molecule has 1 unspecified atom stereocenters. The third-order valence-electron chi connectivity index (χ3n) is 4.04. The van der Waals surface area contributed by atoms with Crippen LogP contribution in [0.5, 0.6) is 0 Å². The Morgan fingerprint density at radius 1 is 1.37 bits per heavy atom. The fourth-order valence-corrected chi connectivity index (χ4v) is 5.27. The Labute approximate surface area is 119 Å². The molecule has 110 valence electrons. The summed E-state index contributed by atoms with van der Waals surface area (Å²) in [6, 6.07) is 0. The van der Waals surface area contributed by atoms with Crippen LogP contribution in [0.4, 0.5) is 0 Å². The highest BCUT2D eigenvalue weighted by atomic mass is 32.2. The Morgan fingerprint density at radius 2 is 2.00 bits per heavy atom. The van der Waals surface area contributed by atoms with E-state index in [1.165, 1.54) is 6.26 Å². The van der Waals surface area contributed by atoms with Gasteiger partial charge in [0.2, 0.25) is 5.91 Å². The summed E-state index contributed by atoms with van der Waals surface area (Å²) >= 11 is 1.84. The van der Waals surface area contributed by atoms with Gasteiger partial charge in [-0.2, -0.15) is 11.8 Å². The van der Waals surface area contributed by atoms with Crippen molar-refractivity contribution < 1.29 is 13.2 Å². The predicted molar refractivity (Wildman–Crippen MR) is 78.2 cm³/mol. The molecule has 1 amide bonds. The molecule has 2 heterocycles. The van der Waals surface area contributed by atoms with E-state index in [1.54, 1.807) is 4.90 Å². The molecule has 0 saturated carbocycles. The minimum atomic E-state index is -3.39. The predicted octanol–water partition coefficient (Wildman–Crippen LogP) is 0.117. The van der Waals surface area contributed by atoms with Gasteiger partial charge in [0.25, 0.3) is 0 Å². The van der Waals surface area contributed by atoms with Crippen molar-refractivity contribution in [1.82, 2.24) is 10.2 Å². The largest absolute Gasteiger partial charge is 0.339 e. The van der Waals surface area contributed by atoms with Crippen LogP contribution in [0.25, 0.3) is 0 Å². The van der Waals surface area contributed by atoms with Gasteiger partial charge in [-0.1, -0.05) is 6.92 Å². The number of nitrogens with one attached hydrogen (secondary N) is 1. The van der Waals surface area contributed by atoms with E-state index >= 15 is 0 Å². The number of carbonyl (C=O) groups excluding carboxylic acids is 1. The molecular weight excluding hydrogens is 284 g/mol. The van der Waals surface area contributed by atoms with E-state index in [0.717, 1.165) is 5.75 Å². The van der Waals surface area contributed by atoms with E-state index in [9.17, 15) is 13.2 Å². The summed E-state index contributed by atoms with van der Waals surface area (Å²) in [6.07, 6.45) is 1.99. The molecule has 0 aromatic rings. The van der Waals surface area contributed by atoms with Crippen molar-refractivity contribution in [1.29, 1.82) is 0 Å². The van der Waals surface area contributed by atoms with Gasteiger partial charge in [0, 0.05) is 30.3 Å². The standard InChI is InChI=1S/C12H22N2O3S2/c1-10-9-14(7-8-18-10)11(15)12(19(2,16)17)3-5-13-6-4-12/h10,13H,3-9H2,1-2H3. The SMILES string of the molecule is CC1CN(C(=O)C2(S(C)(=O)=O)CCNCC2)CCS1.